The van der Waals surface area contributed by atoms with Gasteiger partial charge in [-0.3, -0.25) is 4.79 Å². The van der Waals surface area contributed by atoms with E-state index in [1.807, 2.05) is 42.3 Å². The van der Waals surface area contributed by atoms with Crippen molar-refractivity contribution in [3.8, 4) is 0 Å². The second-order valence-corrected chi connectivity index (χ2v) is 4.40. The fourth-order valence-electron chi connectivity index (χ4n) is 1.80. The van der Waals surface area contributed by atoms with Gasteiger partial charge in [-0.2, -0.15) is 0 Å². The summed E-state index contributed by atoms with van der Waals surface area (Å²) in [5, 5.41) is 17.9. The van der Waals surface area contributed by atoms with Gasteiger partial charge in [0, 0.05) is 13.1 Å². The third kappa shape index (κ3) is 5.83. The summed E-state index contributed by atoms with van der Waals surface area (Å²) in [5.74, 6) is -1.36. The molecule has 106 valence electrons. The number of aliphatic carboxylic acids is 1. The topological polar surface area (TPSA) is 70.0 Å². The summed E-state index contributed by atoms with van der Waals surface area (Å²) in [5.41, 5.74) is 0.804. The molecule has 1 aromatic rings. The van der Waals surface area contributed by atoms with E-state index in [0.29, 0.717) is 26.3 Å². The van der Waals surface area contributed by atoms with Crippen LogP contribution in [0.1, 0.15) is 11.5 Å². The Morgan fingerprint density at radius 1 is 1.32 bits per heavy atom. The average Bonchev–Trinajstić information content (AvgIpc) is 2.41. The van der Waals surface area contributed by atoms with Gasteiger partial charge < -0.3 is 19.8 Å². The molecule has 0 saturated carbocycles. The highest BCUT2D eigenvalue weighted by molar-refractivity contribution is 5.76. The third-order valence-corrected chi connectivity index (χ3v) is 2.85. The molecule has 5 heteroatoms. The fourth-order valence-corrected chi connectivity index (χ4v) is 1.80. The number of hydrogen-bond donors (Lipinski definition) is 2. The lowest BCUT2D eigenvalue weighted by molar-refractivity contribution is -0.139. The highest BCUT2D eigenvalue weighted by Crippen LogP contribution is 2.16. The van der Waals surface area contributed by atoms with E-state index in [9.17, 15) is 9.90 Å². The Morgan fingerprint density at radius 3 is 2.58 bits per heavy atom. The number of rotatable bonds is 9. The first-order valence-electron chi connectivity index (χ1n) is 6.30. The number of benzene rings is 1. The average molecular weight is 267 g/mol. The Hall–Kier alpha value is -1.43. The molecule has 1 atom stereocenters. The lowest BCUT2D eigenvalue weighted by Crippen LogP contribution is -2.31. The van der Waals surface area contributed by atoms with E-state index in [1.54, 1.807) is 0 Å². The maximum Gasteiger partial charge on any atom is 0.312 e. The highest BCUT2D eigenvalue weighted by atomic mass is 16.5. The highest BCUT2D eigenvalue weighted by Gasteiger charge is 2.21. The quantitative estimate of drug-likeness (QED) is 0.648. The second kappa shape index (κ2) is 8.63. The molecular weight excluding hydrogens is 246 g/mol. The molecule has 0 heterocycles. The maximum atomic E-state index is 11.3. The standard InChI is InChI=1S/C14H21NO4/c1-15(7-9-19-10-8-16)11-13(14(17)18)12-5-3-2-4-6-12/h2-6,13,16H,7-11H2,1H3,(H,17,18). The van der Waals surface area contributed by atoms with Gasteiger partial charge in [-0.15, -0.1) is 0 Å². The summed E-state index contributed by atoms with van der Waals surface area (Å²) in [4.78, 5) is 13.2. The number of aliphatic hydroxyl groups is 1. The van der Waals surface area contributed by atoms with E-state index < -0.39 is 11.9 Å². The van der Waals surface area contributed by atoms with Crippen molar-refractivity contribution in [2.24, 2.45) is 0 Å². The number of nitrogens with zero attached hydrogens (tertiary/aromatic N) is 1. The van der Waals surface area contributed by atoms with Crippen LogP contribution in [0.3, 0.4) is 0 Å². The predicted octanol–water partition coefficient (Wildman–Crippen LogP) is 0.796. The molecule has 0 bridgehead atoms. The van der Waals surface area contributed by atoms with Gasteiger partial charge in [0.1, 0.15) is 0 Å². The molecule has 0 aliphatic rings. The summed E-state index contributed by atoms with van der Waals surface area (Å²) in [6.07, 6.45) is 0. The molecule has 19 heavy (non-hydrogen) atoms. The molecule has 1 rings (SSSR count). The minimum Gasteiger partial charge on any atom is -0.481 e. The van der Waals surface area contributed by atoms with Crippen LogP contribution in [0.15, 0.2) is 30.3 Å². The Labute approximate surface area is 113 Å². The van der Waals surface area contributed by atoms with Crippen molar-refractivity contribution in [1.29, 1.82) is 0 Å². The number of likely N-dealkylation sites (N-methyl/N-ethyl adjacent to an activating group) is 1. The number of carbonyl (C=O) groups is 1. The second-order valence-electron chi connectivity index (χ2n) is 4.40. The van der Waals surface area contributed by atoms with Gasteiger partial charge in [-0.1, -0.05) is 30.3 Å². The van der Waals surface area contributed by atoms with Crippen LogP contribution in [-0.4, -0.2) is 61.0 Å². The lowest BCUT2D eigenvalue weighted by atomic mass is 9.99. The Kier molecular flexibility index (Phi) is 7.10. The minimum absolute atomic E-state index is 0.00544. The van der Waals surface area contributed by atoms with Crippen LogP contribution < -0.4 is 0 Å². The van der Waals surface area contributed by atoms with Crippen LogP contribution >= 0.6 is 0 Å². The van der Waals surface area contributed by atoms with Crippen LogP contribution in [0.4, 0.5) is 0 Å². The first-order valence-corrected chi connectivity index (χ1v) is 6.30. The minimum atomic E-state index is -0.825. The van der Waals surface area contributed by atoms with Gasteiger partial charge in [-0.05, 0) is 12.6 Å². The van der Waals surface area contributed by atoms with E-state index in [4.69, 9.17) is 9.84 Å². The monoisotopic (exact) mass is 267 g/mol. The van der Waals surface area contributed by atoms with Gasteiger partial charge in [0.2, 0.25) is 0 Å². The van der Waals surface area contributed by atoms with Crippen molar-refractivity contribution in [3.63, 3.8) is 0 Å². The zero-order valence-corrected chi connectivity index (χ0v) is 11.2. The smallest absolute Gasteiger partial charge is 0.312 e. The van der Waals surface area contributed by atoms with Crippen molar-refractivity contribution in [3.05, 3.63) is 35.9 Å². The number of carboxylic acid groups (broad SMARTS) is 1. The van der Waals surface area contributed by atoms with Crippen molar-refractivity contribution in [2.75, 3.05) is 40.0 Å². The summed E-state index contributed by atoms with van der Waals surface area (Å²) in [6.45, 7) is 1.87. The summed E-state index contributed by atoms with van der Waals surface area (Å²) in [6, 6.07) is 9.21. The van der Waals surface area contributed by atoms with Crippen LogP contribution in [0.5, 0.6) is 0 Å². The van der Waals surface area contributed by atoms with E-state index in [0.717, 1.165) is 5.56 Å². The molecule has 5 nitrogen and oxygen atoms in total. The van der Waals surface area contributed by atoms with Gasteiger partial charge in [-0.25, -0.2) is 0 Å². The third-order valence-electron chi connectivity index (χ3n) is 2.85. The molecule has 0 radical (unpaired) electrons. The fraction of sp³-hybridized carbons (Fsp3) is 0.500. The van der Waals surface area contributed by atoms with Gasteiger partial charge in [0.15, 0.2) is 0 Å². The van der Waals surface area contributed by atoms with Gasteiger partial charge >= 0.3 is 5.97 Å². The zero-order chi connectivity index (χ0) is 14.1. The Balaban J connectivity index is 2.48. The van der Waals surface area contributed by atoms with Crippen LogP contribution in [0, 0.1) is 0 Å². The Bertz CT molecular complexity index is 369. The molecule has 0 saturated heterocycles. The summed E-state index contributed by atoms with van der Waals surface area (Å²) in [7, 11) is 1.86. The first-order chi connectivity index (χ1) is 9.15. The molecule has 0 aliphatic heterocycles. The molecule has 0 spiro atoms. The Morgan fingerprint density at radius 2 is 2.00 bits per heavy atom. The molecule has 0 fully saturated rings. The molecule has 0 aromatic heterocycles. The van der Waals surface area contributed by atoms with E-state index >= 15 is 0 Å². The first kappa shape index (κ1) is 15.6. The number of aliphatic hydroxyl groups excluding tert-OH is 1. The van der Waals surface area contributed by atoms with Crippen molar-refractivity contribution in [1.82, 2.24) is 4.90 Å². The van der Waals surface area contributed by atoms with Crippen LogP contribution in [0.25, 0.3) is 0 Å². The largest absolute Gasteiger partial charge is 0.481 e. The van der Waals surface area contributed by atoms with Crippen molar-refractivity contribution >= 4 is 5.97 Å². The van der Waals surface area contributed by atoms with Crippen LogP contribution in [-0.2, 0) is 9.53 Å². The summed E-state index contributed by atoms with van der Waals surface area (Å²) < 4.78 is 5.16. The normalized spacial score (nSPS) is 12.6. The van der Waals surface area contributed by atoms with E-state index in [2.05, 4.69) is 0 Å². The maximum absolute atomic E-state index is 11.3. The number of ether oxygens (including phenoxy) is 1. The predicted molar refractivity (Wildman–Crippen MR) is 72.2 cm³/mol. The molecule has 1 unspecified atom stereocenters. The molecule has 0 amide bonds. The molecule has 2 N–H and O–H groups in total. The van der Waals surface area contributed by atoms with Crippen molar-refractivity contribution in [2.45, 2.75) is 5.92 Å². The number of hydrogen-bond acceptors (Lipinski definition) is 4. The number of carboxylic acids is 1. The van der Waals surface area contributed by atoms with Gasteiger partial charge in [0.25, 0.3) is 0 Å². The van der Waals surface area contributed by atoms with E-state index in [1.165, 1.54) is 0 Å². The van der Waals surface area contributed by atoms with Crippen molar-refractivity contribution < 1.29 is 19.7 Å². The zero-order valence-electron chi connectivity index (χ0n) is 11.2. The summed E-state index contributed by atoms with van der Waals surface area (Å²) >= 11 is 0. The van der Waals surface area contributed by atoms with E-state index in [-0.39, 0.29) is 6.61 Å². The SMILES string of the molecule is CN(CCOCCO)CC(C(=O)O)c1ccccc1. The molecule has 0 aliphatic carbocycles. The van der Waals surface area contributed by atoms with Gasteiger partial charge in [0.05, 0.1) is 25.7 Å². The molecule has 1 aromatic carbocycles. The molecular formula is C14H21NO4. The lowest BCUT2D eigenvalue weighted by Gasteiger charge is -2.21. The van der Waals surface area contributed by atoms with Crippen LogP contribution in [0.2, 0.25) is 0 Å².